The number of methoxy groups -OCH3 is 1. The maximum absolute atomic E-state index is 13.4. The molecule has 4 aliphatic carbocycles. The third-order valence-corrected chi connectivity index (χ3v) is 23.9. The van der Waals surface area contributed by atoms with Crippen LogP contribution in [0.3, 0.4) is 0 Å². The van der Waals surface area contributed by atoms with Crippen molar-refractivity contribution in [3.05, 3.63) is 361 Å². The van der Waals surface area contributed by atoms with E-state index in [0.29, 0.717) is 66.2 Å². The summed E-state index contributed by atoms with van der Waals surface area (Å²) in [5.74, 6) is 0.628. The number of rotatable bonds is 19. The van der Waals surface area contributed by atoms with Gasteiger partial charge in [-0.1, -0.05) is 159 Å². The largest absolute Gasteiger partial charge is 0.495 e. The first-order valence-electron chi connectivity index (χ1n) is 41.5. The molecule has 22 rings (SSSR count). The summed E-state index contributed by atoms with van der Waals surface area (Å²) < 4.78 is 10.6. The Kier molecular flexibility index (Phi) is 24.6. The molecule has 0 saturated carbocycles. The second kappa shape index (κ2) is 37.2. The number of ether oxygens (including phenoxy) is 2. The van der Waals surface area contributed by atoms with Crippen LogP contribution in [-0.4, -0.2) is 110 Å². The Morgan fingerprint density at radius 2 is 0.667 bits per heavy atom. The molecule has 6 aliphatic rings. The van der Waals surface area contributed by atoms with Crippen molar-refractivity contribution in [2.45, 2.75) is 59.8 Å². The second-order valence-corrected chi connectivity index (χ2v) is 32.0. The number of morpholine rings is 1. The molecule has 16 aromatic rings. The number of aromatic amines is 4. The molecular formula is C104H92Cl2N14O6. The van der Waals surface area contributed by atoms with Crippen molar-refractivity contribution < 1.29 is 28.7 Å². The van der Waals surface area contributed by atoms with Crippen LogP contribution in [0.4, 0.5) is 56.9 Å². The Bertz CT molecular complexity index is 6730. The normalized spacial score (nSPS) is 13.5. The highest BCUT2D eigenvalue weighted by molar-refractivity contribution is 6.32. The number of carbonyl (C=O) groups excluding carboxylic acids is 4. The highest BCUT2D eigenvalue weighted by Crippen LogP contribution is 2.38. The lowest BCUT2D eigenvalue weighted by atomic mass is 9.96. The van der Waals surface area contributed by atoms with Crippen molar-refractivity contribution in [2.24, 2.45) is 0 Å². The molecule has 0 bridgehead atoms. The molecule has 10 heterocycles. The van der Waals surface area contributed by atoms with Gasteiger partial charge in [-0.25, -0.2) is 19.9 Å². The summed E-state index contributed by atoms with van der Waals surface area (Å²) in [6.07, 6.45) is 38.0. The minimum Gasteiger partial charge on any atom is -0.495 e. The number of hydrogen-bond acceptors (Lipinski definition) is 16. The lowest BCUT2D eigenvalue weighted by Gasteiger charge is -2.28. The molecule has 8 aromatic carbocycles. The highest BCUT2D eigenvalue weighted by Gasteiger charge is 2.27. The zero-order chi connectivity index (χ0) is 84.2. The van der Waals surface area contributed by atoms with Crippen LogP contribution >= 0.6 is 23.2 Å². The number of piperidine rings is 1. The molecule has 8 aromatic heterocycles. The third-order valence-electron chi connectivity index (χ3n) is 23.3. The van der Waals surface area contributed by atoms with E-state index in [9.17, 15) is 19.2 Å². The number of fused-ring (bicyclic) bond motifs is 8. The predicted octanol–water partition coefficient (Wildman–Crippen LogP) is 23.8. The number of hydrogen-bond donors (Lipinski definition) is 8. The van der Waals surface area contributed by atoms with E-state index in [-0.39, 0.29) is 38.0 Å². The van der Waals surface area contributed by atoms with Crippen LogP contribution in [0.1, 0.15) is 142 Å². The molecule has 2 saturated heterocycles. The van der Waals surface area contributed by atoms with Crippen molar-refractivity contribution in [2.75, 3.05) is 77.6 Å². The summed E-state index contributed by atoms with van der Waals surface area (Å²) in [4.78, 5) is 88.8. The Balaban J connectivity index is 0.000000118. The van der Waals surface area contributed by atoms with E-state index in [1.54, 1.807) is 68.8 Å². The average Bonchev–Trinajstić information content (AvgIpc) is 1.63. The van der Waals surface area contributed by atoms with Crippen LogP contribution in [0.2, 0.25) is 10.0 Å². The number of pyridine rings is 4. The van der Waals surface area contributed by atoms with Crippen LogP contribution in [0.25, 0.3) is 68.4 Å². The number of H-pyrrole nitrogens is 4. The Morgan fingerprint density at radius 3 is 0.992 bits per heavy atom. The maximum Gasteiger partial charge on any atom is 0.195 e. The summed E-state index contributed by atoms with van der Waals surface area (Å²) in [7, 11) is 1.58. The van der Waals surface area contributed by atoms with Gasteiger partial charge in [-0.05, 0) is 205 Å². The Labute approximate surface area is 739 Å². The van der Waals surface area contributed by atoms with Gasteiger partial charge in [0.1, 0.15) is 28.3 Å². The molecule has 0 atom stereocenters. The number of nitrogens with one attached hydrogen (secondary N) is 8. The number of allylic oxidation sites excluding steroid dienone is 4. The summed E-state index contributed by atoms with van der Waals surface area (Å²) >= 11 is 12.2. The van der Waals surface area contributed by atoms with Crippen molar-refractivity contribution in [3.8, 4) is 5.75 Å². The Morgan fingerprint density at radius 1 is 0.357 bits per heavy atom. The SMILES string of the molecule is C.C.COc1ccc(Nc2cnc3[nH]cc(C(=O)c4cccc5c4C=CC5)c3c2)cc1Cl.O=C(c1cccc2c1C=CC2)c1c[nH]c2ncc(Nc3ccc(Cl)cc3)cc12.O=C(c1cccc2c1C=CC2)c1c[nH]c2ncc(Nc3ccc(N4CCCCC4)cc3)cc12.O=C(c1cccc2c1C=CC2)c1c[nH]c2ncc(Nc3ccc(N4CCOCC4)cc3)cc12. The second-order valence-electron chi connectivity index (χ2n) is 31.1. The molecule has 8 N–H and O–H groups in total. The first-order valence-corrected chi connectivity index (χ1v) is 42.3. The first-order chi connectivity index (χ1) is 60.8. The molecule has 0 unspecified atom stereocenters. The monoisotopic (exact) mass is 1700 g/mol. The van der Waals surface area contributed by atoms with E-state index >= 15 is 0 Å². The standard InChI is InChI=1S/C28H26N4O.C27H24N4O2.C24H18ClN3O2.C23H16ClN3O.2CH4/c33-27(24-9-5-7-19-6-4-8-23(19)24)26-18-30-28-25(26)16-21(17-29-28)31-20-10-12-22(13-11-20)32-14-2-1-3-15-32;32-26(23-6-2-4-18-3-1-5-22(18)23)25-17-29-27-24(25)15-20(16-28-27)30-19-7-9-21(10-8-19)31-11-13-33-14-12-31;1-30-22-9-8-15(11-21(22)25)28-16-10-19-20(13-27-24(19)26-12-16)23(29)18-7-3-5-14-4-2-6-17(14)18;24-15-7-9-16(10-8-15)27-17-11-20-21(13-26-23(20)25-12-17)22(28)19-6-2-4-14-3-1-5-18(14)19;;/h4-5,7-13,16-18,31H,1-3,6,14-15H2,(H,29,30);1-2,4-10,15-17,30H,3,11-14H2,(H,28,29);2-3,5-13,28H,4H2,1H3,(H,26,27);1-2,4-13,27H,3H2,(H,25,26);2*1H4. The van der Waals surface area contributed by atoms with Crippen LogP contribution in [-0.2, 0) is 30.4 Å². The van der Waals surface area contributed by atoms with Crippen LogP contribution in [0.5, 0.6) is 5.75 Å². The first kappa shape index (κ1) is 83.6. The number of carbonyl (C=O) groups is 4. The number of nitrogens with zero attached hydrogens (tertiary/aromatic N) is 6. The molecule has 0 radical (unpaired) electrons. The minimum absolute atomic E-state index is 0. The highest BCUT2D eigenvalue weighted by atomic mass is 35.5. The smallest absolute Gasteiger partial charge is 0.195 e. The van der Waals surface area contributed by atoms with E-state index in [4.69, 9.17) is 32.7 Å². The molecule has 628 valence electrons. The lowest BCUT2D eigenvalue weighted by molar-refractivity contribution is 0.103. The van der Waals surface area contributed by atoms with Crippen LogP contribution < -0.4 is 35.8 Å². The number of aromatic nitrogens is 8. The number of benzene rings is 8. The Hall–Kier alpha value is -14.7. The average molecular weight is 1700 g/mol. The van der Waals surface area contributed by atoms with Gasteiger partial charge in [-0.2, -0.15) is 0 Å². The minimum atomic E-state index is -0.0175. The fourth-order valence-electron chi connectivity index (χ4n) is 17.0. The molecule has 0 spiro atoms. The molecule has 2 fully saturated rings. The molecule has 20 nitrogen and oxygen atoms in total. The number of halogens is 2. The van der Waals surface area contributed by atoms with Gasteiger partial charge in [0.2, 0.25) is 0 Å². The van der Waals surface area contributed by atoms with Crippen LogP contribution in [0.15, 0.2) is 262 Å². The van der Waals surface area contributed by atoms with Gasteiger partial charge in [-0.15, -0.1) is 0 Å². The third kappa shape index (κ3) is 17.5. The van der Waals surface area contributed by atoms with Gasteiger partial charge >= 0.3 is 0 Å². The van der Waals surface area contributed by atoms with Gasteiger partial charge in [-0.3, -0.25) is 19.2 Å². The van der Waals surface area contributed by atoms with Gasteiger partial charge < -0.3 is 60.5 Å². The summed E-state index contributed by atoms with van der Waals surface area (Å²) in [6.45, 7) is 5.64. The van der Waals surface area contributed by atoms with Gasteiger partial charge in [0, 0.05) is 156 Å². The van der Waals surface area contributed by atoms with Gasteiger partial charge in [0.25, 0.3) is 0 Å². The molecule has 126 heavy (non-hydrogen) atoms. The molecule has 0 amide bonds. The quantitative estimate of drug-likeness (QED) is 0.0350. The van der Waals surface area contributed by atoms with E-state index in [1.807, 2.05) is 121 Å². The molecule has 22 heteroatoms. The predicted molar refractivity (Wildman–Crippen MR) is 513 cm³/mol. The van der Waals surface area contributed by atoms with Crippen molar-refractivity contribution in [3.63, 3.8) is 0 Å². The van der Waals surface area contributed by atoms with Crippen molar-refractivity contribution in [1.82, 2.24) is 39.9 Å². The number of anilines is 10. The maximum atomic E-state index is 13.4. The van der Waals surface area contributed by atoms with Gasteiger partial charge in [0.15, 0.2) is 23.1 Å². The lowest BCUT2D eigenvalue weighted by Crippen LogP contribution is -2.36. The molecular weight excluding hydrogens is 1610 g/mol. The summed E-state index contributed by atoms with van der Waals surface area (Å²) in [5, 5.41) is 17.9. The van der Waals surface area contributed by atoms with Crippen molar-refractivity contribution >= 4 is 172 Å². The number of ketones is 4. The summed E-state index contributed by atoms with van der Waals surface area (Å²) in [6, 6.07) is 61.4. The van der Waals surface area contributed by atoms with E-state index in [0.717, 1.165) is 171 Å². The van der Waals surface area contributed by atoms with Crippen LogP contribution in [0, 0.1) is 0 Å². The fourth-order valence-corrected chi connectivity index (χ4v) is 17.4. The zero-order valence-corrected chi connectivity index (χ0v) is 69.2. The fraction of sp³-hybridized carbons (Fsp3) is 0.154. The van der Waals surface area contributed by atoms with E-state index in [1.165, 1.54) is 52.9 Å². The molecule has 2 aliphatic heterocycles. The van der Waals surface area contributed by atoms with E-state index in [2.05, 4.69) is 174 Å². The zero-order valence-electron chi connectivity index (χ0n) is 67.7. The summed E-state index contributed by atoms with van der Waals surface area (Å²) in [5.41, 5.74) is 26.5. The topological polar surface area (TPSA) is 256 Å². The van der Waals surface area contributed by atoms with Crippen molar-refractivity contribution in [1.29, 1.82) is 0 Å². The van der Waals surface area contributed by atoms with E-state index < -0.39 is 0 Å². The van der Waals surface area contributed by atoms with Gasteiger partial charge in [0.05, 0.1) is 72.9 Å².